The van der Waals surface area contributed by atoms with E-state index in [1.165, 1.54) is 0 Å². The lowest BCUT2D eigenvalue weighted by atomic mass is 10.2. The molecule has 2 aromatic heterocycles. The molecule has 0 aliphatic carbocycles. The average Bonchev–Trinajstić information content (AvgIpc) is 3.10. The number of amides is 1. The number of aromatic nitrogens is 3. The topological polar surface area (TPSA) is 106 Å². The van der Waals surface area contributed by atoms with Crippen molar-refractivity contribution in [3.05, 3.63) is 70.6 Å². The smallest absolute Gasteiger partial charge is 0.338 e. The second-order valence-corrected chi connectivity index (χ2v) is 6.41. The van der Waals surface area contributed by atoms with Gasteiger partial charge in [-0.3, -0.25) is 9.59 Å². The van der Waals surface area contributed by atoms with Crippen molar-refractivity contribution in [2.45, 2.75) is 13.5 Å². The number of hydrogen-bond donors (Lipinski definition) is 2. The summed E-state index contributed by atoms with van der Waals surface area (Å²) in [6, 6.07) is 13.9. The predicted molar refractivity (Wildman–Crippen MR) is 109 cm³/mol. The molecule has 4 rings (SSSR count). The van der Waals surface area contributed by atoms with Crippen molar-refractivity contribution >= 4 is 39.4 Å². The molecule has 0 fully saturated rings. The maximum Gasteiger partial charge on any atom is 0.338 e. The molecule has 0 saturated carbocycles. The molecule has 146 valence electrons. The Morgan fingerprint density at radius 3 is 2.62 bits per heavy atom. The van der Waals surface area contributed by atoms with E-state index in [-0.39, 0.29) is 12.1 Å². The van der Waals surface area contributed by atoms with Gasteiger partial charge in [0.2, 0.25) is 5.91 Å². The minimum atomic E-state index is -0.423. The van der Waals surface area contributed by atoms with Crippen molar-refractivity contribution in [1.29, 1.82) is 0 Å². The number of fused-ring (bicyclic) bond motifs is 3. The van der Waals surface area contributed by atoms with Crippen LogP contribution in [0, 0.1) is 0 Å². The first-order valence-electron chi connectivity index (χ1n) is 9.10. The van der Waals surface area contributed by atoms with E-state index >= 15 is 0 Å². The highest BCUT2D eigenvalue weighted by molar-refractivity contribution is 6.06. The molecular weight excluding hydrogens is 372 g/mol. The monoisotopic (exact) mass is 390 g/mol. The Labute approximate surface area is 165 Å². The van der Waals surface area contributed by atoms with Gasteiger partial charge in [0.25, 0.3) is 5.56 Å². The summed E-state index contributed by atoms with van der Waals surface area (Å²) < 4.78 is 6.03. The number of carbonyl (C=O) groups is 2. The lowest BCUT2D eigenvalue weighted by Gasteiger charge is -2.07. The van der Waals surface area contributed by atoms with Crippen LogP contribution in [-0.2, 0) is 16.1 Å². The molecule has 4 aromatic rings. The molecule has 0 aliphatic rings. The number of ether oxygens (including phenoxy) is 1. The summed E-state index contributed by atoms with van der Waals surface area (Å²) in [6.45, 7) is 1.79. The largest absolute Gasteiger partial charge is 0.462 e. The van der Waals surface area contributed by atoms with Crippen LogP contribution in [-0.4, -0.2) is 33.2 Å². The van der Waals surface area contributed by atoms with Crippen molar-refractivity contribution in [1.82, 2.24) is 14.8 Å². The van der Waals surface area contributed by atoms with Gasteiger partial charge >= 0.3 is 5.97 Å². The van der Waals surface area contributed by atoms with E-state index in [1.54, 1.807) is 37.4 Å². The Bertz CT molecular complexity index is 1270. The molecule has 0 saturated heterocycles. The summed E-state index contributed by atoms with van der Waals surface area (Å²) in [5.41, 5.74) is 1.78. The van der Waals surface area contributed by atoms with Gasteiger partial charge in [0, 0.05) is 22.0 Å². The van der Waals surface area contributed by atoms with Crippen molar-refractivity contribution in [3.8, 4) is 0 Å². The van der Waals surface area contributed by atoms with Gasteiger partial charge in [-0.05, 0) is 37.3 Å². The van der Waals surface area contributed by atoms with Gasteiger partial charge in [0.1, 0.15) is 12.1 Å². The maximum atomic E-state index is 12.7. The van der Waals surface area contributed by atoms with Gasteiger partial charge in [-0.1, -0.05) is 18.2 Å². The minimum Gasteiger partial charge on any atom is -0.462 e. The normalized spacial score (nSPS) is 10.9. The maximum absolute atomic E-state index is 12.7. The fraction of sp³-hybridized carbons (Fsp3) is 0.143. The quantitative estimate of drug-likeness (QED) is 0.510. The van der Waals surface area contributed by atoms with Crippen molar-refractivity contribution in [2.75, 3.05) is 11.9 Å². The molecule has 8 heteroatoms. The molecule has 0 spiro atoms. The number of nitrogens with one attached hydrogen (secondary N) is 2. The Morgan fingerprint density at radius 2 is 1.86 bits per heavy atom. The van der Waals surface area contributed by atoms with Gasteiger partial charge < -0.3 is 15.0 Å². The highest BCUT2D eigenvalue weighted by atomic mass is 16.5. The Hall–Kier alpha value is -3.94. The van der Waals surface area contributed by atoms with Crippen LogP contribution in [0.25, 0.3) is 21.8 Å². The van der Waals surface area contributed by atoms with Gasteiger partial charge in [-0.15, -0.1) is 0 Å². The van der Waals surface area contributed by atoms with E-state index in [1.807, 2.05) is 24.3 Å². The van der Waals surface area contributed by atoms with Crippen LogP contribution in [0.3, 0.4) is 0 Å². The van der Waals surface area contributed by atoms with Crippen molar-refractivity contribution < 1.29 is 14.3 Å². The van der Waals surface area contributed by atoms with Gasteiger partial charge in [0.15, 0.2) is 0 Å². The number of benzene rings is 2. The first kappa shape index (κ1) is 18.4. The van der Waals surface area contributed by atoms with Crippen LogP contribution < -0.4 is 10.9 Å². The van der Waals surface area contributed by atoms with Gasteiger partial charge in [0.05, 0.1) is 18.4 Å². The van der Waals surface area contributed by atoms with Crippen LogP contribution >= 0.6 is 0 Å². The first-order valence-corrected chi connectivity index (χ1v) is 9.10. The molecule has 29 heavy (non-hydrogen) atoms. The highest BCUT2D eigenvalue weighted by Crippen LogP contribution is 2.21. The third-order valence-corrected chi connectivity index (χ3v) is 4.49. The second-order valence-electron chi connectivity index (χ2n) is 6.41. The summed E-state index contributed by atoms with van der Waals surface area (Å²) in [4.78, 5) is 39.8. The zero-order valence-corrected chi connectivity index (χ0v) is 15.6. The van der Waals surface area contributed by atoms with Gasteiger partial charge in [-0.25, -0.2) is 9.48 Å². The number of carbonyl (C=O) groups excluding carboxylic acids is 2. The average molecular weight is 390 g/mol. The summed E-state index contributed by atoms with van der Waals surface area (Å²) >= 11 is 0. The Balaban J connectivity index is 1.52. The predicted octanol–water partition coefficient (Wildman–Crippen LogP) is 2.69. The number of rotatable bonds is 5. The number of esters is 1. The standard InChI is InChI=1S/C21H18N4O4/c1-2-29-21(28)13-7-9-14(10-8-13)23-18(26)12-25-20(27)19-16(11-22-25)15-5-3-4-6-17(15)24-19/h3-11,24H,2,12H2,1H3,(H,23,26). The van der Waals surface area contributed by atoms with Crippen LogP contribution in [0.1, 0.15) is 17.3 Å². The minimum absolute atomic E-state index is 0.232. The zero-order chi connectivity index (χ0) is 20.4. The molecule has 0 radical (unpaired) electrons. The summed E-state index contributed by atoms with van der Waals surface area (Å²) in [5, 5.41) is 8.45. The Kier molecular flexibility index (Phi) is 4.82. The van der Waals surface area contributed by atoms with Crippen LogP contribution in [0.4, 0.5) is 5.69 Å². The molecule has 0 atom stereocenters. The van der Waals surface area contributed by atoms with E-state index in [4.69, 9.17) is 4.74 Å². The number of aromatic amines is 1. The van der Waals surface area contributed by atoms with E-state index in [9.17, 15) is 14.4 Å². The van der Waals surface area contributed by atoms with E-state index in [0.29, 0.717) is 23.4 Å². The number of nitrogens with zero attached hydrogens (tertiary/aromatic N) is 2. The Morgan fingerprint density at radius 1 is 1.10 bits per heavy atom. The summed E-state index contributed by atoms with van der Waals surface area (Å²) in [6.07, 6.45) is 1.58. The third-order valence-electron chi connectivity index (χ3n) is 4.49. The molecule has 0 bridgehead atoms. The second kappa shape index (κ2) is 7.59. The van der Waals surface area contributed by atoms with Gasteiger partial charge in [-0.2, -0.15) is 5.10 Å². The molecule has 0 unspecified atom stereocenters. The molecule has 1 amide bonds. The first-order chi connectivity index (χ1) is 14.1. The molecule has 2 N–H and O–H groups in total. The molecule has 2 heterocycles. The highest BCUT2D eigenvalue weighted by Gasteiger charge is 2.13. The number of para-hydroxylation sites is 1. The number of anilines is 1. The lowest BCUT2D eigenvalue weighted by molar-refractivity contribution is -0.117. The molecule has 8 nitrogen and oxygen atoms in total. The third kappa shape index (κ3) is 3.60. The molecule has 2 aromatic carbocycles. The SMILES string of the molecule is CCOC(=O)c1ccc(NC(=O)Cn2ncc3c([nH]c4ccccc43)c2=O)cc1. The van der Waals surface area contributed by atoms with Crippen LogP contribution in [0.5, 0.6) is 0 Å². The van der Waals surface area contributed by atoms with Crippen molar-refractivity contribution in [3.63, 3.8) is 0 Å². The van der Waals surface area contributed by atoms with Crippen LogP contribution in [0.2, 0.25) is 0 Å². The van der Waals surface area contributed by atoms with E-state index in [2.05, 4.69) is 15.4 Å². The number of H-pyrrole nitrogens is 1. The van der Waals surface area contributed by atoms with Crippen molar-refractivity contribution in [2.24, 2.45) is 0 Å². The zero-order valence-electron chi connectivity index (χ0n) is 15.6. The lowest BCUT2D eigenvalue weighted by Crippen LogP contribution is -2.29. The van der Waals surface area contributed by atoms with E-state index < -0.39 is 11.9 Å². The fourth-order valence-electron chi connectivity index (χ4n) is 3.13. The summed E-state index contributed by atoms with van der Waals surface area (Å²) in [5.74, 6) is -0.827. The van der Waals surface area contributed by atoms with E-state index in [0.717, 1.165) is 21.0 Å². The molecular formula is C21H18N4O4. The summed E-state index contributed by atoms with van der Waals surface area (Å²) in [7, 11) is 0. The number of hydrogen-bond acceptors (Lipinski definition) is 5. The fourth-order valence-corrected chi connectivity index (χ4v) is 3.13. The molecule has 0 aliphatic heterocycles. The van der Waals surface area contributed by atoms with Crippen LogP contribution in [0.15, 0.2) is 59.5 Å².